The van der Waals surface area contributed by atoms with Gasteiger partial charge in [0.05, 0.1) is 0 Å². The van der Waals surface area contributed by atoms with Crippen LogP contribution in [0, 0.1) is 12.8 Å². The Labute approximate surface area is 114 Å². The Morgan fingerprint density at radius 2 is 2.06 bits per heavy atom. The van der Waals surface area contributed by atoms with E-state index in [1.165, 1.54) is 15.6 Å². The number of nitrogens with zero attached hydrogens (tertiary/aromatic N) is 1. The SMILES string of the molecule is CCN(CC(C)C)S(=O)(=O)c1c(C)csc1CN. The van der Waals surface area contributed by atoms with E-state index in [0.717, 1.165) is 10.4 Å². The van der Waals surface area contributed by atoms with Crippen molar-refractivity contribution in [2.75, 3.05) is 13.1 Å². The predicted molar refractivity (Wildman–Crippen MR) is 76.2 cm³/mol. The quantitative estimate of drug-likeness (QED) is 0.873. The summed E-state index contributed by atoms with van der Waals surface area (Å²) in [5, 5.41) is 1.86. The highest BCUT2D eigenvalue weighted by molar-refractivity contribution is 7.89. The van der Waals surface area contributed by atoms with E-state index in [1.807, 2.05) is 33.1 Å². The van der Waals surface area contributed by atoms with Gasteiger partial charge in [-0.25, -0.2) is 8.42 Å². The molecule has 0 fully saturated rings. The first kappa shape index (κ1) is 15.6. The maximum absolute atomic E-state index is 12.6. The zero-order valence-electron chi connectivity index (χ0n) is 11.4. The van der Waals surface area contributed by atoms with Crippen molar-refractivity contribution in [2.24, 2.45) is 11.7 Å². The number of hydrogen-bond donors (Lipinski definition) is 1. The molecule has 2 N–H and O–H groups in total. The number of hydrogen-bond acceptors (Lipinski definition) is 4. The van der Waals surface area contributed by atoms with Gasteiger partial charge in [-0.1, -0.05) is 20.8 Å². The lowest BCUT2D eigenvalue weighted by molar-refractivity contribution is 0.380. The third-order valence-corrected chi connectivity index (χ3v) is 6.12. The molecule has 1 rings (SSSR count). The zero-order valence-corrected chi connectivity index (χ0v) is 13.1. The highest BCUT2D eigenvalue weighted by atomic mass is 32.2. The van der Waals surface area contributed by atoms with Crippen molar-refractivity contribution < 1.29 is 8.42 Å². The van der Waals surface area contributed by atoms with Crippen molar-refractivity contribution in [1.82, 2.24) is 4.31 Å². The van der Waals surface area contributed by atoms with E-state index in [4.69, 9.17) is 5.73 Å². The van der Waals surface area contributed by atoms with Crippen LogP contribution in [0.1, 0.15) is 31.2 Å². The van der Waals surface area contributed by atoms with Crippen molar-refractivity contribution in [2.45, 2.75) is 39.1 Å². The highest BCUT2D eigenvalue weighted by Gasteiger charge is 2.28. The standard InChI is InChI=1S/C12H22N2O2S2/c1-5-14(7-9(2)3)18(15,16)12-10(4)8-17-11(12)6-13/h8-9H,5-7,13H2,1-4H3. The Bertz CT molecular complexity index is 492. The summed E-state index contributed by atoms with van der Waals surface area (Å²) in [4.78, 5) is 1.16. The van der Waals surface area contributed by atoms with Gasteiger partial charge in [0.15, 0.2) is 0 Å². The minimum absolute atomic E-state index is 0.270. The summed E-state index contributed by atoms with van der Waals surface area (Å²) >= 11 is 1.42. The summed E-state index contributed by atoms with van der Waals surface area (Å²) in [6.07, 6.45) is 0. The normalized spacial score (nSPS) is 12.6. The first-order valence-electron chi connectivity index (χ1n) is 6.11. The number of nitrogens with two attached hydrogens (primary N) is 1. The van der Waals surface area contributed by atoms with Crippen molar-refractivity contribution in [3.63, 3.8) is 0 Å². The lowest BCUT2D eigenvalue weighted by Crippen LogP contribution is -2.34. The molecule has 1 aromatic rings. The number of thiophene rings is 1. The lowest BCUT2D eigenvalue weighted by Gasteiger charge is -2.23. The fourth-order valence-corrected chi connectivity index (χ4v) is 5.17. The number of aryl methyl sites for hydroxylation is 1. The molecule has 18 heavy (non-hydrogen) atoms. The lowest BCUT2D eigenvalue weighted by atomic mass is 10.2. The van der Waals surface area contributed by atoms with Gasteiger partial charge in [-0.05, 0) is 23.8 Å². The zero-order chi connectivity index (χ0) is 13.9. The average molecular weight is 290 g/mol. The molecular weight excluding hydrogens is 268 g/mol. The second-order valence-corrected chi connectivity index (χ2v) is 7.56. The van der Waals surface area contributed by atoms with Crippen molar-refractivity contribution in [3.05, 3.63) is 15.8 Å². The van der Waals surface area contributed by atoms with Crippen molar-refractivity contribution >= 4 is 21.4 Å². The Morgan fingerprint density at radius 1 is 1.44 bits per heavy atom. The largest absolute Gasteiger partial charge is 0.326 e. The van der Waals surface area contributed by atoms with Gasteiger partial charge in [0.1, 0.15) is 4.90 Å². The molecule has 0 atom stereocenters. The molecule has 0 aliphatic heterocycles. The van der Waals surface area contributed by atoms with Gasteiger partial charge in [0, 0.05) is 24.5 Å². The number of sulfonamides is 1. The van der Waals surface area contributed by atoms with E-state index in [9.17, 15) is 8.42 Å². The molecular formula is C12H22N2O2S2. The second kappa shape index (κ2) is 6.14. The molecule has 1 aromatic heterocycles. The Balaban J connectivity index is 3.22. The molecule has 0 bridgehead atoms. The van der Waals surface area contributed by atoms with E-state index in [-0.39, 0.29) is 6.54 Å². The maximum atomic E-state index is 12.6. The summed E-state index contributed by atoms with van der Waals surface area (Å²) in [5.74, 6) is 0.306. The molecule has 0 saturated carbocycles. The molecule has 0 amide bonds. The van der Waals surface area contributed by atoms with Gasteiger partial charge in [0.2, 0.25) is 10.0 Å². The fourth-order valence-electron chi connectivity index (χ4n) is 1.91. The van der Waals surface area contributed by atoms with E-state index < -0.39 is 10.0 Å². The fraction of sp³-hybridized carbons (Fsp3) is 0.667. The smallest absolute Gasteiger partial charge is 0.244 e. The third kappa shape index (κ3) is 3.12. The van der Waals surface area contributed by atoms with Crippen LogP contribution in [0.3, 0.4) is 0 Å². The molecule has 0 unspecified atom stereocenters. The Morgan fingerprint density at radius 3 is 2.50 bits per heavy atom. The molecule has 0 radical (unpaired) electrons. The van der Waals surface area contributed by atoms with Crippen LogP contribution in [0.25, 0.3) is 0 Å². The minimum atomic E-state index is -3.41. The van der Waals surface area contributed by atoms with Crippen LogP contribution < -0.4 is 5.73 Å². The van der Waals surface area contributed by atoms with Crippen LogP contribution in [0.15, 0.2) is 10.3 Å². The van der Waals surface area contributed by atoms with E-state index in [1.54, 1.807) is 0 Å². The summed E-state index contributed by atoms with van der Waals surface area (Å²) in [7, 11) is -3.41. The van der Waals surface area contributed by atoms with E-state index in [2.05, 4.69) is 0 Å². The van der Waals surface area contributed by atoms with Crippen LogP contribution in [0.5, 0.6) is 0 Å². The predicted octanol–water partition coefficient (Wildman–Crippen LogP) is 2.18. The van der Waals surface area contributed by atoms with Gasteiger partial charge >= 0.3 is 0 Å². The van der Waals surface area contributed by atoms with Crippen LogP contribution in [-0.2, 0) is 16.6 Å². The van der Waals surface area contributed by atoms with Gasteiger partial charge in [-0.15, -0.1) is 11.3 Å². The van der Waals surface area contributed by atoms with Gasteiger partial charge in [-0.3, -0.25) is 0 Å². The average Bonchev–Trinajstić information content (AvgIpc) is 2.67. The maximum Gasteiger partial charge on any atom is 0.244 e. The number of rotatable bonds is 6. The van der Waals surface area contributed by atoms with Crippen molar-refractivity contribution in [1.29, 1.82) is 0 Å². The monoisotopic (exact) mass is 290 g/mol. The van der Waals surface area contributed by atoms with Crippen LogP contribution in [0.4, 0.5) is 0 Å². The van der Waals surface area contributed by atoms with Crippen LogP contribution >= 0.6 is 11.3 Å². The molecule has 0 aliphatic carbocycles. The summed E-state index contributed by atoms with van der Waals surface area (Å²) in [6.45, 7) is 9.02. The Hall–Kier alpha value is -0.430. The molecule has 0 saturated heterocycles. The molecule has 1 heterocycles. The molecule has 4 nitrogen and oxygen atoms in total. The van der Waals surface area contributed by atoms with Gasteiger partial charge < -0.3 is 5.73 Å². The van der Waals surface area contributed by atoms with E-state index >= 15 is 0 Å². The van der Waals surface area contributed by atoms with Crippen molar-refractivity contribution in [3.8, 4) is 0 Å². The molecule has 104 valence electrons. The summed E-state index contributed by atoms with van der Waals surface area (Å²) < 4.78 is 26.8. The highest BCUT2D eigenvalue weighted by Crippen LogP contribution is 2.29. The molecule has 6 heteroatoms. The molecule has 0 spiro atoms. The van der Waals surface area contributed by atoms with E-state index in [0.29, 0.717) is 23.9 Å². The van der Waals surface area contributed by atoms with Gasteiger partial charge in [-0.2, -0.15) is 4.31 Å². The minimum Gasteiger partial charge on any atom is -0.326 e. The summed E-state index contributed by atoms with van der Waals surface area (Å²) in [6, 6.07) is 0. The van der Waals surface area contributed by atoms with Gasteiger partial charge in [0.25, 0.3) is 0 Å². The van der Waals surface area contributed by atoms with Crippen LogP contribution in [-0.4, -0.2) is 25.8 Å². The van der Waals surface area contributed by atoms with Crippen LogP contribution in [0.2, 0.25) is 0 Å². The second-order valence-electron chi connectivity index (χ2n) is 4.72. The Kier molecular flexibility index (Phi) is 5.33. The first-order valence-corrected chi connectivity index (χ1v) is 8.43. The summed E-state index contributed by atoms with van der Waals surface area (Å²) in [5.41, 5.74) is 6.43. The topological polar surface area (TPSA) is 63.4 Å². The molecule has 0 aliphatic rings. The molecule has 0 aromatic carbocycles. The first-order chi connectivity index (χ1) is 8.34. The third-order valence-electron chi connectivity index (χ3n) is 2.69.